The highest BCUT2D eigenvalue weighted by atomic mass is 32.2. The van der Waals surface area contributed by atoms with Crippen LogP contribution in [-0.2, 0) is 14.8 Å². The number of aromatic hydroxyl groups is 1. The zero-order valence-electron chi connectivity index (χ0n) is 14.4. The number of amidine groups is 1. The minimum Gasteiger partial charge on any atom is -0.504 e. The average Bonchev–Trinajstić information content (AvgIpc) is 3.26. The number of amides is 1. The van der Waals surface area contributed by atoms with Crippen LogP contribution in [0.4, 0.5) is 0 Å². The minimum atomic E-state index is -3.87. The summed E-state index contributed by atoms with van der Waals surface area (Å²) in [7, 11) is -2.44. The Bertz CT molecular complexity index is 1030. The van der Waals surface area contributed by atoms with Crippen LogP contribution in [-0.4, -0.2) is 43.2 Å². The Morgan fingerprint density at radius 3 is 2.74 bits per heavy atom. The van der Waals surface area contributed by atoms with Gasteiger partial charge in [0.15, 0.2) is 16.7 Å². The third-order valence-electron chi connectivity index (χ3n) is 3.65. The van der Waals surface area contributed by atoms with E-state index in [0.717, 1.165) is 23.1 Å². The van der Waals surface area contributed by atoms with Crippen LogP contribution in [0.25, 0.3) is 6.08 Å². The van der Waals surface area contributed by atoms with E-state index in [2.05, 4.69) is 4.40 Å². The Morgan fingerprint density at radius 1 is 1.33 bits per heavy atom. The van der Waals surface area contributed by atoms with Gasteiger partial charge in [0.05, 0.1) is 12.0 Å². The summed E-state index contributed by atoms with van der Waals surface area (Å²) in [6, 6.07) is 7.78. The smallest absolute Gasteiger partial charge is 0.294 e. The molecule has 10 heteroatoms. The highest BCUT2D eigenvalue weighted by Crippen LogP contribution is 2.35. The van der Waals surface area contributed by atoms with Crippen LogP contribution in [0.15, 0.2) is 49.2 Å². The molecule has 3 rings (SSSR count). The molecule has 1 aliphatic rings. The Kier molecular flexibility index (Phi) is 5.59. The number of hydrogen-bond acceptors (Lipinski definition) is 7. The lowest BCUT2D eigenvalue weighted by Crippen LogP contribution is -2.29. The lowest BCUT2D eigenvalue weighted by Gasteiger charge is -2.11. The molecule has 1 saturated heterocycles. The number of likely N-dealkylation sites (N-methyl/N-ethyl adjacent to an activating group) is 1. The topological polar surface area (TPSA) is 96.3 Å². The molecule has 0 radical (unpaired) electrons. The van der Waals surface area contributed by atoms with Crippen LogP contribution in [0.3, 0.4) is 0 Å². The van der Waals surface area contributed by atoms with Crippen LogP contribution >= 0.6 is 23.1 Å². The van der Waals surface area contributed by atoms with Gasteiger partial charge in [0.2, 0.25) is 0 Å². The number of hydrogen-bond donors (Lipinski definition) is 1. The van der Waals surface area contributed by atoms with Crippen molar-refractivity contribution >= 4 is 50.3 Å². The Hall–Kier alpha value is -2.30. The fourth-order valence-corrected chi connectivity index (χ4v) is 5.56. The average molecular weight is 425 g/mol. The first-order chi connectivity index (χ1) is 12.9. The van der Waals surface area contributed by atoms with Gasteiger partial charge in [0, 0.05) is 6.54 Å². The van der Waals surface area contributed by atoms with Gasteiger partial charge < -0.3 is 9.84 Å². The molecular weight excluding hydrogens is 408 g/mol. The number of carbonyl (C=O) groups is 1. The van der Waals surface area contributed by atoms with Gasteiger partial charge in [-0.25, -0.2) is 0 Å². The molecule has 1 N–H and O–H groups in total. The highest BCUT2D eigenvalue weighted by Gasteiger charge is 2.34. The fourth-order valence-electron chi connectivity index (χ4n) is 2.35. The zero-order valence-corrected chi connectivity index (χ0v) is 16.9. The SMILES string of the molecule is CCN1C(=O)/C(=C/c2ccc(O)c(OC)c2)S/C1=N/S(=O)(=O)c1cccs1. The molecule has 0 saturated carbocycles. The van der Waals surface area contributed by atoms with E-state index in [9.17, 15) is 18.3 Å². The quantitative estimate of drug-likeness (QED) is 0.741. The standard InChI is InChI=1S/C17H16N2O5S3/c1-3-19-16(21)14(10-11-6-7-12(20)13(9-11)24-2)26-17(19)18-27(22,23)15-5-4-8-25-15/h4-10,20H,3H2,1-2H3/b14-10-,18-17+. The molecule has 1 fully saturated rings. The summed E-state index contributed by atoms with van der Waals surface area (Å²) in [5, 5.41) is 11.4. The second-order valence-corrected chi connectivity index (χ2v) is 9.16. The Morgan fingerprint density at radius 2 is 2.11 bits per heavy atom. The molecule has 142 valence electrons. The molecule has 7 nitrogen and oxygen atoms in total. The van der Waals surface area contributed by atoms with E-state index in [1.54, 1.807) is 36.6 Å². The van der Waals surface area contributed by atoms with Crippen LogP contribution in [0.2, 0.25) is 0 Å². The molecule has 0 unspecified atom stereocenters. The van der Waals surface area contributed by atoms with Crippen molar-refractivity contribution in [3.63, 3.8) is 0 Å². The molecule has 2 heterocycles. The monoisotopic (exact) mass is 424 g/mol. The first-order valence-electron chi connectivity index (χ1n) is 7.82. The number of rotatable bonds is 5. The number of thiophene rings is 1. The second kappa shape index (κ2) is 7.75. The van der Waals surface area contributed by atoms with E-state index < -0.39 is 10.0 Å². The van der Waals surface area contributed by atoms with Crippen molar-refractivity contribution in [1.82, 2.24) is 4.90 Å². The van der Waals surface area contributed by atoms with Crippen molar-refractivity contribution in [3.8, 4) is 11.5 Å². The van der Waals surface area contributed by atoms with Crippen molar-refractivity contribution in [2.75, 3.05) is 13.7 Å². The summed E-state index contributed by atoms with van der Waals surface area (Å²) < 4.78 is 33.9. The van der Waals surface area contributed by atoms with E-state index >= 15 is 0 Å². The second-order valence-electron chi connectivity index (χ2n) is 5.37. The molecule has 2 aromatic rings. The molecular formula is C17H16N2O5S3. The van der Waals surface area contributed by atoms with Crippen LogP contribution in [0.5, 0.6) is 11.5 Å². The third kappa shape index (κ3) is 4.02. The first-order valence-corrected chi connectivity index (χ1v) is 11.0. The molecule has 0 bridgehead atoms. The molecule has 0 atom stereocenters. The number of phenolic OH excluding ortho intramolecular Hbond substituents is 1. The molecule has 0 spiro atoms. The molecule has 1 aromatic heterocycles. The summed E-state index contributed by atoms with van der Waals surface area (Å²) in [5.74, 6) is -0.0551. The van der Waals surface area contributed by atoms with Crippen LogP contribution < -0.4 is 4.74 Å². The van der Waals surface area contributed by atoms with Crippen LogP contribution in [0, 0.1) is 0 Å². The van der Waals surface area contributed by atoms with Gasteiger partial charge in [0.25, 0.3) is 15.9 Å². The predicted octanol–water partition coefficient (Wildman–Crippen LogP) is 3.14. The molecule has 1 amide bonds. The van der Waals surface area contributed by atoms with Crippen molar-refractivity contribution in [1.29, 1.82) is 0 Å². The maximum absolute atomic E-state index is 12.6. The maximum Gasteiger partial charge on any atom is 0.294 e. The lowest BCUT2D eigenvalue weighted by atomic mass is 10.2. The van der Waals surface area contributed by atoms with Crippen molar-refractivity contribution in [2.45, 2.75) is 11.1 Å². The van der Waals surface area contributed by atoms with Crippen molar-refractivity contribution < 1.29 is 23.1 Å². The van der Waals surface area contributed by atoms with E-state index in [-0.39, 0.29) is 26.8 Å². The van der Waals surface area contributed by atoms with Gasteiger partial charge in [-0.15, -0.1) is 15.7 Å². The fraction of sp³-hybridized carbons (Fsp3) is 0.176. The molecule has 1 aliphatic heterocycles. The van der Waals surface area contributed by atoms with Gasteiger partial charge in [-0.05, 0) is 53.9 Å². The number of benzene rings is 1. The van der Waals surface area contributed by atoms with Gasteiger partial charge in [-0.3, -0.25) is 9.69 Å². The number of sulfonamides is 1. The van der Waals surface area contributed by atoms with E-state index in [4.69, 9.17) is 4.74 Å². The summed E-state index contributed by atoms with van der Waals surface area (Å²) in [5.41, 5.74) is 0.638. The van der Waals surface area contributed by atoms with Crippen LogP contribution in [0.1, 0.15) is 12.5 Å². The summed E-state index contributed by atoms with van der Waals surface area (Å²) >= 11 is 2.07. The highest BCUT2D eigenvalue weighted by molar-refractivity contribution is 8.19. The van der Waals surface area contributed by atoms with E-state index in [1.165, 1.54) is 24.1 Å². The number of methoxy groups -OCH3 is 1. The van der Waals surface area contributed by atoms with Gasteiger partial charge in [-0.2, -0.15) is 8.42 Å². The number of thioether (sulfide) groups is 1. The minimum absolute atomic E-state index is 0.00970. The molecule has 1 aromatic carbocycles. The predicted molar refractivity (Wildman–Crippen MR) is 107 cm³/mol. The number of carbonyl (C=O) groups excluding carboxylic acids is 1. The number of phenols is 1. The van der Waals surface area contributed by atoms with Crippen molar-refractivity contribution in [3.05, 3.63) is 46.2 Å². The number of nitrogens with zero attached hydrogens (tertiary/aromatic N) is 2. The Labute approximate surface area is 165 Å². The lowest BCUT2D eigenvalue weighted by molar-refractivity contribution is -0.122. The maximum atomic E-state index is 12.6. The zero-order chi connectivity index (χ0) is 19.6. The summed E-state index contributed by atoms with van der Waals surface area (Å²) in [6.07, 6.45) is 1.61. The largest absolute Gasteiger partial charge is 0.504 e. The Balaban J connectivity index is 1.96. The number of ether oxygens (including phenoxy) is 1. The molecule has 0 aliphatic carbocycles. The van der Waals surface area contributed by atoms with Crippen molar-refractivity contribution in [2.24, 2.45) is 4.40 Å². The van der Waals surface area contributed by atoms with E-state index in [1.807, 2.05) is 0 Å². The van der Waals surface area contributed by atoms with Gasteiger partial charge in [0.1, 0.15) is 4.21 Å². The van der Waals surface area contributed by atoms with Gasteiger partial charge in [-0.1, -0.05) is 12.1 Å². The summed E-state index contributed by atoms with van der Waals surface area (Å²) in [4.78, 5) is 14.3. The normalized spacial score (nSPS) is 17.9. The van der Waals surface area contributed by atoms with Gasteiger partial charge >= 0.3 is 0 Å². The summed E-state index contributed by atoms with van der Waals surface area (Å²) in [6.45, 7) is 2.04. The third-order valence-corrected chi connectivity index (χ3v) is 7.42. The first kappa shape index (κ1) is 19.5. The van der Waals surface area contributed by atoms with E-state index in [0.29, 0.717) is 17.0 Å². The molecule has 27 heavy (non-hydrogen) atoms.